The molecule has 0 radical (unpaired) electrons. The number of hydrogen-bond acceptors (Lipinski definition) is 4. The standard InChI is InChI=1S/C19H27ClN4O3/c1-21-19(22-13-16(25)14-4-6-15(20)7-5-14)24-10-8-23(9-11-24)18(26)17-3-2-12-27-17/h4-7,16-17,25H,2-3,8-13H2,1H3,(H,21,22). The summed E-state index contributed by atoms with van der Waals surface area (Å²) in [5.74, 6) is 0.834. The first-order valence-corrected chi connectivity index (χ1v) is 9.76. The number of benzene rings is 1. The number of halogens is 1. The van der Waals surface area contributed by atoms with Crippen molar-refractivity contribution in [3.8, 4) is 0 Å². The van der Waals surface area contributed by atoms with Crippen molar-refractivity contribution < 1.29 is 14.6 Å². The Labute approximate surface area is 165 Å². The van der Waals surface area contributed by atoms with Crippen LogP contribution in [0, 0.1) is 0 Å². The lowest BCUT2D eigenvalue weighted by Gasteiger charge is -2.37. The number of piperazine rings is 1. The Balaban J connectivity index is 1.47. The molecule has 8 heteroatoms. The Bertz CT molecular complexity index is 653. The molecule has 1 amide bonds. The van der Waals surface area contributed by atoms with E-state index in [1.807, 2.05) is 17.0 Å². The number of aliphatic hydroxyl groups is 1. The van der Waals surface area contributed by atoms with Crippen LogP contribution in [0.2, 0.25) is 5.02 Å². The van der Waals surface area contributed by atoms with Gasteiger partial charge >= 0.3 is 0 Å². The second kappa shape index (κ2) is 9.39. The smallest absolute Gasteiger partial charge is 0.251 e. The van der Waals surface area contributed by atoms with E-state index in [-0.39, 0.29) is 12.0 Å². The van der Waals surface area contributed by atoms with E-state index in [0.29, 0.717) is 44.4 Å². The molecule has 0 bridgehead atoms. The number of guanidine groups is 1. The topological polar surface area (TPSA) is 77.4 Å². The zero-order valence-electron chi connectivity index (χ0n) is 15.6. The minimum absolute atomic E-state index is 0.105. The van der Waals surface area contributed by atoms with E-state index in [2.05, 4.69) is 15.2 Å². The third-order valence-electron chi connectivity index (χ3n) is 5.02. The van der Waals surface area contributed by atoms with Crippen LogP contribution in [0.3, 0.4) is 0 Å². The highest BCUT2D eigenvalue weighted by Crippen LogP contribution is 2.17. The highest BCUT2D eigenvalue weighted by atomic mass is 35.5. The number of nitrogens with one attached hydrogen (secondary N) is 1. The summed E-state index contributed by atoms with van der Waals surface area (Å²) < 4.78 is 5.50. The Morgan fingerprint density at radius 1 is 1.30 bits per heavy atom. The number of hydrogen-bond donors (Lipinski definition) is 2. The second-order valence-electron chi connectivity index (χ2n) is 6.81. The average molecular weight is 395 g/mol. The lowest BCUT2D eigenvalue weighted by atomic mass is 10.1. The zero-order valence-corrected chi connectivity index (χ0v) is 16.4. The number of aliphatic imine (C=N–C) groups is 1. The van der Waals surface area contributed by atoms with Crippen molar-refractivity contribution >= 4 is 23.5 Å². The van der Waals surface area contributed by atoms with Crippen LogP contribution in [0.25, 0.3) is 0 Å². The molecule has 0 spiro atoms. The van der Waals surface area contributed by atoms with Crippen molar-refractivity contribution in [2.24, 2.45) is 4.99 Å². The Morgan fingerprint density at radius 2 is 1.96 bits per heavy atom. The van der Waals surface area contributed by atoms with Crippen molar-refractivity contribution in [2.75, 3.05) is 46.4 Å². The van der Waals surface area contributed by atoms with Crippen LogP contribution in [-0.2, 0) is 9.53 Å². The van der Waals surface area contributed by atoms with Crippen LogP contribution in [0.5, 0.6) is 0 Å². The Hall–Kier alpha value is -1.83. The lowest BCUT2D eigenvalue weighted by Crippen LogP contribution is -2.55. The molecule has 2 heterocycles. The molecule has 1 aromatic rings. The molecule has 2 aliphatic rings. The molecule has 148 valence electrons. The van der Waals surface area contributed by atoms with E-state index < -0.39 is 6.10 Å². The molecule has 3 rings (SSSR count). The van der Waals surface area contributed by atoms with Crippen LogP contribution in [0.1, 0.15) is 24.5 Å². The van der Waals surface area contributed by atoms with E-state index in [4.69, 9.17) is 16.3 Å². The molecule has 1 aromatic carbocycles. The molecule has 0 saturated carbocycles. The van der Waals surface area contributed by atoms with E-state index in [0.717, 1.165) is 24.4 Å². The van der Waals surface area contributed by atoms with Gasteiger partial charge in [-0.25, -0.2) is 0 Å². The SMILES string of the molecule is CN=C(NCC(O)c1ccc(Cl)cc1)N1CCN(C(=O)C2CCCO2)CC1. The normalized spacial score (nSPS) is 22.0. The summed E-state index contributed by atoms with van der Waals surface area (Å²) >= 11 is 5.88. The van der Waals surface area contributed by atoms with Gasteiger partial charge in [0.05, 0.1) is 6.10 Å². The average Bonchev–Trinajstić information content (AvgIpc) is 3.23. The van der Waals surface area contributed by atoms with E-state index in [1.165, 1.54) is 0 Å². The summed E-state index contributed by atoms with van der Waals surface area (Å²) in [5, 5.41) is 14.2. The fourth-order valence-electron chi connectivity index (χ4n) is 3.44. The van der Waals surface area contributed by atoms with E-state index in [9.17, 15) is 9.90 Å². The van der Waals surface area contributed by atoms with Gasteiger partial charge in [-0.3, -0.25) is 9.79 Å². The highest BCUT2D eigenvalue weighted by molar-refractivity contribution is 6.30. The number of carbonyl (C=O) groups excluding carboxylic acids is 1. The fraction of sp³-hybridized carbons (Fsp3) is 0.579. The maximum absolute atomic E-state index is 12.4. The van der Waals surface area contributed by atoms with E-state index >= 15 is 0 Å². The first-order valence-electron chi connectivity index (χ1n) is 9.38. The minimum atomic E-state index is -0.651. The van der Waals surface area contributed by atoms with Gasteiger partial charge in [-0.2, -0.15) is 0 Å². The number of nitrogens with zero attached hydrogens (tertiary/aromatic N) is 3. The van der Waals surface area contributed by atoms with Gasteiger partial charge in [0.15, 0.2) is 5.96 Å². The molecule has 0 aliphatic carbocycles. The van der Waals surface area contributed by atoms with Crippen LogP contribution in [-0.4, -0.2) is 79.3 Å². The van der Waals surface area contributed by atoms with Crippen molar-refractivity contribution in [3.05, 3.63) is 34.9 Å². The summed E-state index contributed by atoms with van der Waals surface area (Å²) in [6, 6.07) is 7.15. The van der Waals surface area contributed by atoms with Crippen molar-refractivity contribution in [2.45, 2.75) is 25.0 Å². The molecule has 2 unspecified atom stereocenters. The molecule has 27 heavy (non-hydrogen) atoms. The summed E-state index contributed by atoms with van der Waals surface area (Å²) in [6.07, 6.45) is 0.873. The first-order chi connectivity index (χ1) is 13.1. The van der Waals surface area contributed by atoms with Gasteiger partial charge in [-0.15, -0.1) is 0 Å². The molecule has 0 aromatic heterocycles. The monoisotopic (exact) mass is 394 g/mol. The third kappa shape index (κ3) is 5.12. The number of rotatable bonds is 4. The van der Waals surface area contributed by atoms with Gasteiger partial charge in [0, 0.05) is 51.4 Å². The van der Waals surface area contributed by atoms with Gasteiger partial charge < -0.3 is 25.0 Å². The quantitative estimate of drug-likeness (QED) is 0.594. The van der Waals surface area contributed by atoms with Crippen LogP contribution < -0.4 is 5.32 Å². The molecule has 2 fully saturated rings. The lowest BCUT2D eigenvalue weighted by molar-refractivity contribution is -0.142. The van der Waals surface area contributed by atoms with Crippen molar-refractivity contribution in [1.82, 2.24) is 15.1 Å². The number of aliphatic hydroxyl groups excluding tert-OH is 1. The maximum atomic E-state index is 12.4. The Kier molecular flexibility index (Phi) is 6.93. The highest BCUT2D eigenvalue weighted by Gasteiger charge is 2.30. The predicted molar refractivity (Wildman–Crippen MR) is 105 cm³/mol. The summed E-state index contributed by atoms with van der Waals surface area (Å²) in [5.41, 5.74) is 0.800. The molecule has 2 atom stereocenters. The first kappa shape index (κ1) is 19.9. The Morgan fingerprint density at radius 3 is 2.56 bits per heavy atom. The van der Waals surface area contributed by atoms with E-state index in [1.54, 1.807) is 19.2 Å². The number of amides is 1. The van der Waals surface area contributed by atoms with Gasteiger partial charge in [-0.05, 0) is 30.5 Å². The molecule has 2 saturated heterocycles. The molecular formula is C19H27ClN4O3. The third-order valence-corrected chi connectivity index (χ3v) is 5.27. The maximum Gasteiger partial charge on any atom is 0.251 e. The predicted octanol–water partition coefficient (Wildman–Crippen LogP) is 1.27. The molecule has 2 N–H and O–H groups in total. The van der Waals surface area contributed by atoms with Gasteiger partial charge in [0.25, 0.3) is 5.91 Å². The largest absolute Gasteiger partial charge is 0.387 e. The number of ether oxygens (including phenoxy) is 1. The second-order valence-corrected chi connectivity index (χ2v) is 7.25. The van der Waals surface area contributed by atoms with Gasteiger partial charge in [-0.1, -0.05) is 23.7 Å². The number of carbonyl (C=O) groups is 1. The zero-order chi connectivity index (χ0) is 19.2. The molecule has 7 nitrogen and oxygen atoms in total. The van der Waals surface area contributed by atoms with Crippen LogP contribution >= 0.6 is 11.6 Å². The molecule has 2 aliphatic heterocycles. The summed E-state index contributed by atoms with van der Waals surface area (Å²) in [7, 11) is 1.72. The van der Waals surface area contributed by atoms with Crippen LogP contribution in [0.15, 0.2) is 29.3 Å². The van der Waals surface area contributed by atoms with Gasteiger partial charge in [0.1, 0.15) is 6.10 Å². The van der Waals surface area contributed by atoms with Crippen molar-refractivity contribution in [3.63, 3.8) is 0 Å². The summed E-state index contributed by atoms with van der Waals surface area (Å²) in [4.78, 5) is 20.7. The summed E-state index contributed by atoms with van der Waals surface area (Å²) in [6.45, 7) is 3.74. The minimum Gasteiger partial charge on any atom is -0.387 e. The van der Waals surface area contributed by atoms with Gasteiger partial charge in [0.2, 0.25) is 0 Å². The van der Waals surface area contributed by atoms with Crippen molar-refractivity contribution in [1.29, 1.82) is 0 Å². The van der Waals surface area contributed by atoms with Crippen LogP contribution in [0.4, 0.5) is 0 Å². The fourth-order valence-corrected chi connectivity index (χ4v) is 3.56. The molecular weight excluding hydrogens is 368 g/mol.